The molecule has 0 aromatic heterocycles. The minimum absolute atomic E-state index is 0.0611. The Morgan fingerprint density at radius 2 is 2.05 bits per heavy atom. The first-order valence-electron chi connectivity index (χ1n) is 6.88. The van der Waals surface area contributed by atoms with Crippen LogP contribution in [0.1, 0.15) is 26.7 Å². The van der Waals surface area contributed by atoms with Crippen LogP contribution in [0.4, 0.5) is 4.79 Å². The largest absolute Gasteiger partial charge is 0.481 e. The molecule has 0 saturated carbocycles. The summed E-state index contributed by atoms with van der Waals surface area (Å²) in [5.41, 5.74) is 0. The van der Waals surface area contributed by atoms with Crippen LogP contribution >= 0.6 is 0 Å². The van der Waals surface area contributed by atoms with Gasteiger partial charge >= 0.3 is 12.0 Å². The number of amides is 3. The van der Waals surface area contributed by atoms with Crippen LogP contribution in [0.25, 0.3) is 0 Å². The second-order valence-electron chi connectivity index (χ2n) is 5.11. The highest BCUT2D eigenvalue weighted by Gasteiger charge is 2.28. The molecule has 0 spiro atoms. The minimum atomic E-state index is -0.935. The van der Waals surface area contributed by atoms with E-state index in [1.165, 1.54) is 9.80 Å². The van der Waals surface area contributed by atoms with E-state index in [2.05, 4.69) is 0 Å². The lowest BCUT2D eigenvalue weighted by atomic mass is 10.2. The molecule has 1 atom stereocenters. The van der Waals surface area contributed by atoms with E-state index in [4.69, 9.17) is 5.11 Å². The van der Waals surface area contributed by atoms with Crippen LogP contribution in [0, 0.1) is 0 Å². The number of rotatable bonds is 4. The van der Waals surface area contributed by atoms with Crippen molar-refractivity contribution in [2.45, 2.75) is 32.7 Å². The fourth-order valence-corrected chi connectivity index (χ4v) is 2.33. The number of likely N-dealkylation sites (N-methyl/N-ethyl adjacent to an activating group) is 1. The standard InChI is InChI=1S/C13H23N3O4/c1-4-16(10(2)8-12(18)19)13(20)15-7-5-6-14(3)11(17)9-15/h10H,4-9H2,1-3H3,(H,18,19). The number of urea groups is 1. The number of carboxylic acids is 1. The Morgan fingerprint density at radius 1 is 1.40 bits per heavy atom. The SMILES string of the molecule is CCN(C(=O)N1CCCN(C)C(=O)C1)C(C)CC(=O)O. The van der Waals surface area contributed by atoms with Crippen molar-refractivity contribution in [3.8, 4) is 0 Å². The first kappa shape index (κ1) is 16.3. The van der Waals surface area contributed by atoms with E-state index in [1.807, 2.05) is 6.92 Å². The molecule has 20 heavy (non-hydrogen) atoms. The van der Waals surface area contributed by atoms with Gasteiger partial charge < -0.3 is 19.8 Å². The summed E-state index contributed by atoms with van der Waals surface area (Å²) in [6.07, 6.45) is 0.639. The number of carbonyl (C=O) groups is 3. The maximum atomic E-state index is 12.4. The third-order valence-electron chi connectivity index (χ3n) is 3.53. The van der Waals surface area contributed by atoms with E-state index >= 15 is 0 Å². The molecular formula is C13H23N3O4. The maximum absolute atomic E-state index is 12.4. The second-order valence-corrected chi connectivity index (χ2v) is 5.11. The fourth-order valence-electron chi connectivity index (χ4n) is 2.33. The predicted octanol–water partition coefficient (Wildman–Crippen LogP) is 0.456. The molecule has 0 aromatic carbocycles. The van der Waals surface area contributed by atoms with Crippen LogP contribution in [0.2, 0.25) is 0 Å². The molecular weight excluding hydrogens is 262 g/mol. The lowest BCUT2D eigenvalue weighted by Crippen LogP contribution is -2.49. The van der Waals surface area contributed by atoms with E-state index in [9.17, 15) is 14.4 Å². The van der Waals surface area contributed by atoms with Crippen molar-refractivity contribution >= 4 is 17.9 Å². The first-order chi connectivity index (χ1) is 9.36. The lowest BCUT2D eigenvalue weighted by Gasteiger charge is -2.32. The molecule has 0 aromatic rings. The quantitative estimate of drug-likeness (QED) is 0.813. The van der Waals surface area contributed by atoms with Gasteiger partial charge in [0, 0.05) is 32.7 Å². The number of hydrogen-bond acceptors (Lipinski definition) is 3. The van der Waals surface area contributed by atoms with Crippen LogP contribution < -0.4 is 0 Å². The molecule has 1 fully saturated rings. The van der Waals surface area contributed by atoms with Gasteiger partial charge in [-0.2, -0.15) is 0 Å². The highest BCUT2D eigenvalue weighted by molar-refractivity contribution is 5.84. The van der Waals surface area contributed by atoms with Crippen molar-refractivity contribution in [3.05, 3.63) is 0 Å². The summed E-state index contributed by atoms with van der Waals surface area (Å²) in [6.45, 7) is 5.16. The molecule has 1 N–H and O–H groups in total. The summed E-state index contributed by atoms with van der Waals surface area (Å²) >= 11 is 0. The lowest BCUT2D eigenvalue weighted by molar-refractivity contribution is -0.138. The normalized spacial score (nSPS) is 17.6. The van der Waals surface area contributed by atoms with Crippen molar-refractivity contribution < 1.29 is 19.5 Å². The van der Waals surface area contributed by atoms with E-state index in [-0.39, 0.29) is 30.9 Å². The van der Waals surface area contributed by atoms with Gasteiger partial charge in [0.15, 0.2) is 0 Å². The molecule has 1 aliphatic rings. The first-order valence-corrected chi connectivity index (χ1v) is 6.88. The van der Waals surface area contributed by atoms with Gasteiger partial charge in [-0.25, -0.2) is 4.79 Å². The number of nitrogens with zero attached hydrogens (tertiary/aromatic N) is 3. The summed E-state index contributed by atoms with van der Waals surface area (Å²) in [5.74, 6) is -1.02. The van der Waals surface area contributed by atoms with Crippen molar-refractivity contribution in [2.75, 3.05) is 33.2 Å². The Labute approximate surface area is 119 Å². The maximum Gasteiger partial charge on any atom is 0.320 e. The number of carboxylic acid groups (broad SMARTS) is 1. The average Bonchev–Trinajstić information content (AvgIpc) is 2.52. The van der Waals surface area contributed by atoms with Crippen LogP contribution in [0.3, 0.4) is 0 Å². The van der Waals surface area contributed by atoms with Gasteiger partial charge in [0.25, 0.3) is 0 Å². The summed E-state index contributed by atoms with van der Waals surface area (Å²) in [6, 6.07) is -0.647. The molecule has 1 rings (SSSR count). The molecule has 114 valence electrons. The third-order valence-corrected chi connectivity index (χ3v) is 3.53. The molecule has 0 bridgehead atoms. The molecule has 0 radical (unpaired) electrons. The van der Waals surface area contributed by atoms with Crippen LogP contribution in [0.5, 0.6) is 0 Å². The van der Waals surface area contributed by atoms with E-state index < -0.39 is 5.97 Å². The van der Waals surface area contributed by atoms with Gasteiger partial charge in [-0.3, -0.25) is 9.59 Å². The molecule has 7 heteroatoms. The summed E-state index contributed by atoms with van der Waals surface area (Å²) in [7, 11) is 1.72. The fraction of sp³-hybridized carbons (Fsp3) is 0.769. The number of hydrogen-bond donors (Lipinski definition) is 1. The summed E-state index contributed by atoms with van der Waals surface area (Å²) < 4.78 is 0. The molecule has 7 nitrogen and oxygen atoms in total. The number of carbonyl (C=O) groups excluding carboxylic acids is 2. The Hall–Kier alpha value is -1.79. The van der Waals surface area contributed by atoms with Gasteiger partial charge in [-0.05, 0) is 20.3 Å². The van der Waals surface area contributed by atoms with Crippen LogP contribution in [-0.4, -0.2) is 77.0 Å². The zero-order valence-electron chi connectivity index (χ0n) is 12.3. The summed E-state index contributed by atoms with van der Waals surface area (Å²) in [5, 5.41) is 8.83. The molecule has 1 unspecified atom stereocenters. The number of aliphatic carboxylic acids is 1. The smallest absolute Gasteiger partial charge is 0.320 e. The van der Waals surface area contributed by atoms with Gasteiger partial charge in [-0.15, -0.1) is 0 Å². The van der Waals surface area contributed by atoms with Gasteiger partial charge in [0.05, 0.1) is 6.42 Å². The average molecular weight is 285 g/mol. The van der Waals surface area contributed by atoms with Gasteiger partial charge in [-0.1, -0.05) is 0 Å². The molecule has 1 saturated heterocycles. The predicted molar refractivity (Wildman–Crippen MR) is 73.3 cm³/mol. The molecule has 1 aliphatic heterocycles. The minimum Gasteiger partial charge on any atom is -0.481 e. The Kier molecular flexibility index (Phi) is 5.79. The molecule has 3 amide bonds. The van der Waals surface area contributed by atoms with E-state index in [1.54, 1.807) is 18.9 Å². The van der Waals surface area contributed by atoms with Gasteiger partial charge in [0.2, 0.25) is 5.91 Å². The Balaban J connectivity index is 2.74. The molecule has 1 heterocycles. The van der Waals surface area contributed by atoms with Crippen molar-refractivity contribution in [1.29, 1.82) is 0 Å². The third kappa shape index (κ3) is 4.11. The van der Waals surface area contributed by atoms with E-state index in [0.717, 1.165) is 6.42 Å². The van der Waals surface area contributed by atoms with Gasteiger partial charge in [0.1, 0.15) is 6.54 Å². The topological polar surface area (TPSA) is 81.2 Å². The Morgan fingerprint density at radius 3 is 2.60 bits per heavy atom. The van der Waals surface area contributed by atoms with Crippen molar-refractivity contribution in [2.24, 2.45) is 0 Å². The van der Waals surface area contributed by atoms with Crippen LogP contribution in [0.15, 0.2) is 0 Å². The molecule has 0 aliphatic carbocycles. The van der Waals surface area contributed by atoms with Crippen molar-refractivity contribution in [3.63, 3.8) is 0 Å². The second kappa shape index (κ2) is 7.12. The highest BCUT2D eigenvalue weighted by atomic mass is 16.4. The zero-order valence-corrected chi connectivity index (χ0v) is 12.3. The highest BCUT2D eigenvalue weighted by Crippen LogP contribution is 2.11. The summed E-state index contributed by atoms with van der Waals surface area (Å²) in [4.78, 5) is 39.6. The van der Waals surface area contributed by atoms with Crippen LogP contribution in [-0.2, 0) is 9.59 Å². The van der Waals surface area contributed by atoms with Crippen molar-refractivity contribution in [1.82, 2.24) is 14.7 Å². The monoisotopic (exact) mass is 285 g/mol. The van der Waals surface area contributed by atoms with E-state index in [0.29, 0.717) is 19.6 Å². The Bertz CT molecular complexity index is 386. The zero-order chi connectivity index (χ0) is 15.3.